The average molecular weight is 347 g/mol. The molecule has 0 radical (unpaired) electrons. The molecule has 2 N–H and O–H groups in total. The van der Waals surface area contributed by atoms with E-state index >= 15 is 0 Å². The molecule has 24 heavy (non-hydrogen) atoms. The summed E-state index contributed by atoms with van der Waals surface area (Å²) < 4.78 is 37.7. The van der Waals surface area contributed by atoms with Gasteiger partial charge in [-0.2, -0.15) is 13.2 Å². The molecule has 0 aliphatic carbocycles. The van der Waals surface area contributed by atoms with Crippen LogP contribution in [0.5, 0.6) is 0 Å². The molecule has 1 unspecified atom stereocenters. The van der Waals surface area contributed by atoms with Crippen LogP contribution in [0.15, 0.2) is 16.9 Å². The van der Waals surface area contributed by atoms with Crippen molar-refractivity contribution in [2.45, 2.75) is 24.6 Å². The number of likely N-dealkylation sites (N-methyl/N-ethyl adjacent to an activating group) is 1. The molecule has 0 saturated carbocycles. The van der Waals surface area contributed by atoms with Crippen LogP contribution in [-0.4, -0.2) is 65.1 Å². The van der Waals surface area contributed by atoms with E-state index < -0.39 is 28.9 Å². The van der Waals surface area contributed by atoms with E-state index in [9.17, 15) is 27.9 Å². The van der Waals surface area contributed by atoms with Gasteiger partial charge in [-0.05, 0) is 39.1 Å². The lowest BCUT2D eigenvalue weighted by Crippen LogP contribution is -2.55. The largest absolute Gasteiger partial charge is 0.431 e. The number of hydrogen-bond donors (Lipinski definition) is 2. The van der Waals surface area contributed by atoms with Crippen LogP contribution < -0.4 is 5.56 Å². The van der Waals surface area contributed by atoms with E-state index in [1.54, 1.807) is 24.0 Å². The van der Waals surface area contributed by atoms with Gasteiger partial charge in [-0.25, -0.2) is 0 Å². The molecule has 134 valence electrons. The summed E-state index contributed by atoms with van der Waals surface area (Å²) in [5.74, 6) is -0.679. The van der Waals surface area contributed by atoms with E-state index in [0.29, 0.717) is 32.0 Å². The van der Waals surface area contributed by atoms with E-state index in [4.69, 9.17) is 0 Å². The summed E-state index contributed by atoms with van der Waals surface area (Å²) in [6.07, 6.45) is -3.62. The van der Waals surface area contributed by atoms with Crippen LogP contribution in [-0.2, 0) is 6.18 Å². The molecule has 0 bridgehead atoms. The molecule has 9 heteroatoms. The number of pyridine rings is 1. The van der Waals surface area contributed by atoms with Gasteiger partial charge in [0.1, 0.15) is 11.3 Å². The normalized spacial score (nSPS) is 22.0. The van der Waals surface area contributed by atoms with Gasteiger partial charge in [-0.15, -0.1) is 0 Å². The number of rotatable bonds is 3. The fraction of sp³-hybridized carbons (Fsp3) is 0.600. The Labute approximate surface area is 136 Å². The van der Waals surface area contributed by atoms with E-state index in [0.717, 1.165) is 6.07 Å². The number of hydrogen-bond acceptors (Lipinski definition) is 4. The van der Waals surface area contributed by atoms with Crippen LogP contribution in [0.2, 0.25) is 0 Å². The first kappa shape index (κ1) is 18.5. The van der Waals surface area contributed by atoms with Crippen molar-refractivity contribution in [2.24, 2.45) is 0 Å². The maximum absolute atomic E-state index is 12.6. The zero-order valence-electron chi connectivity index (χ0n) is 13.5. The summed E-state index contributed by atoms with van der Waals surface area (Å²) in [5, 5.41) is 10.6. The number of aliphatic hydroxyl groups is 1. The standard InChI is InChI=1S/C15H20F3N3O3/c1-20(2)8-14(24)6-3-7-21(9-14)13(23)10-4-5-11(15(16,17)18)19-12(10)22/h4-5,24H,3,6-9H2,1-2H3,(H,19,22). The van der Waals surface area contributed by atoms with Crippen LogP contribution in [0.25, 0.3) is 0 Å². The van der Waals surface area contributed by atoms with Crippen LogP contribution in [0, 0.1) is 0 Å². The molecule has 1 aliphatic rings. The maximum atomic E-state index is 12.6. The number of aromatic nitrogens is 1. The molecule has 1 aromatic heterocycles. The van der Waals surface area contributed by atoms with Crippen molar-refractivity contribution in [3.63, 3.8) is 0 Å². The van der Waals surface area contributed by atoms with Crippen molar-refractivity contribution in [3.8, 4) is 0 Å². The predicted octanol–water partition coefficient (Wildman–Crippen LogP) is 0.922. The van der Waals surface area contributed by atoms with Gasteiger partial charge in [0.05, 0.1) is 12.1 Å². The van der Waals surface area contributed by atoms with Gasteiger partial charge in [-0.3, -0.25) is 9.59 Å². The molecule has 1 amide bonds. The van der Waals surface area contributed by atoms with Gasteiger partial charge in [0.25, 0.3) is 11.5 Å². The minimum Gasteiger partial charge on any atom is -0.387 e. The number of carbonyl (C=O) groups excluding carboxylic acids is 1. The molecule has 0 aromatic carbocycles. The van der Waals surface area contributed by atoms with Crippen LogP contribution in [0.1, 0.15) is 28.9 Å². The fourth-order valence-electron chi connectivity index (χ4n) is 2.98. The lowest BCUT2D eigenvalue weighted by molar-refractivity contribution is -0.141. The Hall–Kier alpha value is -1.87. The second kappa shape index (κ2) is 6.56. The molecule has 6 nitrogen and oxygen atoms in total. The van der Waals surface area contributed by atoms with Crippen LogP contribution in [0.3, 0.4) is 0 Å². The lowest BCUT2D eigenvalue weighted by atomic mass is 9.92. The number of likely N-dealkylation sites (tertiary alicyclic amines) is 1. The SMILES string of the molecule is CN(C)CC1(O)CCCN(C(=O)c2ccc(C(F)(F)F)[nH]c2=O)C1. The summed E-state index contributed by atoms with van der Waals surface area (Å²) in [6, 6.07) is 1.55. The van der Waals surface area contributed by atoms with Gasteiger partial charge in [0.15, 0.2) is 0 Å². The van der Waals surface area contributed by atoms with Crippen molar-refractivity contribution < 1.29 is 23.1 Å². The molecular formula is C15H20F3N3O3. The highest BCUT2D eigenvalue weighted by Gasteiger charge is 2.37. The Morgan fingerprint density at radius 3 is 2.62 bits per heavy atom. The smallest absolute Gasteiger partial charge is 0.387 e. The monoisotopic (exact) mass is 347 g/mol. The number of carbonyl (C=O) groups is 1. The van der Waals surface area contributed by atoms with Crippen LogP contribution in [0.4, 0.5) is 13.2 Å². The Kier molecular flexibility index (Phi) is 5.05. The summed E-state index contributed by atoms with van der Waals surface area (Å²) in [5.41, 5.74) is -3.75. The number of piperidine rings is 1. The molecule has 1 aliphatic heterocycles. The number of β-amino-alcohol motifs (C(OH)–C–C–N with tert-alkyl or cyclic N) is 1. The topological polar surface area (TPSA) is 76.6 Å². The Bertz CT molecular complexity index is 672. The highest BCUT2D eigenvalue weighted by molar-refractivity contribution is 5.94. The molecule has 2 rings (SSSR count). The highest BCUT2D eigenvalue weighted by atomic mass is 19.4. The molecular weight excluding hydrogens is 327 g/mol. The van der Waals surface area contributed by atoms with Crippen molar-refractivity contribution in [1.82, 2.24) is 14.8 Å². The van der Waals surface area contributed by atoms with Crippen LogP contribution >= 0.6 is 0 Å². The van der Waals surface area contributed by atoms with E-state index in [1.807, 2.05) is 0 Å². The molecule has 2 heterocycles. The summed E-state index contributed by atoms with van der Waals surface area (Å²) >= 11 is 0. The Morgan fingerprint density at radius 1 is 1.42 bits per heavy atom. The summed E-state index contributed by atoms with van der Waals surface area (Å²) in [6.45, 7) is 0.722. The number of amides is 1. The zero-order chi connectivity index (χ0) is 18.1. The lowest BCUT2D eigenvalue weighted by Gasteiger charge is -2.40. The van der Waals surface area contributed by atoms with E-state index in [1.165, 1.54) is 4.90 Å². The maximum Gasteiger partial charge on any atom is 0.431 e. The predicted molar refractivity (Wildman–Crippen MR) is 80.7 cm³/mol. The molecule has 1 atom stereocenters. The second-order valence-electron chi connectivity index (χ2n) is 6.40. The molecule has 1 saturated heterocycles. The average Bonchev–Trinajstić information content (AvgIpc) is 2.44. The fourth-order valence-corrected chi connectivity index (χ4v) is 2.98. The van der Waals surface area contributed by atoms with Crippen molar-refractivity contribution in [1.29, 1.82) is 0 Å². The number of alkyl halides is 3. The van der Waals surface area contributed by atoms with Gasteiger partial charge in [0, 0.05) is 13.1 Å². The summed E-state index contributed by atoms with van der Waals surface area (Å²) in [7, 11) is 3.58. The van der Waals surface area contributed by atoms with E-state index in [2.05, 4.69) is 0 Å². The molecule has 0 spiro atoms. The van der Waals surface area contributed by atoms with E-state index in [-0.39, 0.29) is 12.1 Å². The van der Waals surface area contributed by atoms with Gasteiger partial charge >= 0.3 is 6.18 Å². The zero-order valence-corrected chi connectivity index (χ0v) is 13.5. The quantitative estimate of drug-likeness (QED) is 0.853. The summed E-state index contributed by atoms with van der Waals surface area (Å²) in [4.78, 5) is 29.1. The third-order valence-electron chi connectivity index (χ3n) is 3.90. The third kappa shape index (κ3) is 4.15. The minimum absolute atomic E-state index is 0.0322. The molecule has 1 aromatic rings. The highest BCUT2D eigenvalue weighted by Crippen LogP contribution is 2.27. The number of aromatic amines is 1. The van der Waals surface area contributed by atoms with Crippen molar-refractivity contribution in [3.05, 3.63) is 33.7 Å². The first-order chi connectivity index (χ1) is 11.0. The first-order valence-corrected chi connectivity index (χ1v) is 7.49. The van der Waals surface area contributed by atoms with Crippen molar-refractivity contribution in [2.75, 3.05) is 33.7 Å². The third-order valence-corrected chi connectivity index (χ3v) is 3.90. The van der Waals surface area contributed by atoms with Gasteiger partial charge < -0.3 is 19.9 Å². The Balaban J connectivity index is 2.21. The van der Waals surface area contributed by atoms with Gasteiger partial charge in [-0.1, -0.05) is 0 Å². The second-order valence-corrected chi connectivity index (χ2v) is 6.40. The molecule has 1 fully saturated rings. The number of nitrogens with zero attached hydrogens (tertiary/aromatic N) is 2. The number of nitrogens with one attached hydrogen (secondary N) is 1. The number of halogens is 3. The van der Waals surface area contributed by atoms with Crippen molar-refractivity contribution >= 4 is 5.91 Å². The van der Waals surface area contributed by atoms with Gasteiger partial charge in [0.2, 0.25) is 0 Å². The number of H-pyrrole nitrogens is 1. The Morgan fingerprint density at radius 2 is 2.08 bits per heavy atom. The minimum atomic E-state index is -4.68. The first-order valence-electron chi connectivity index (χ1n) is 7.49.